The topological polar surface area (TPSA) is 63.6 Å². The van der Waals surface area contributed by atoms with Gasteiger partial charge in [0.1, 0.15) is 11.5 Å². The standard InChI is InChI=1S/C10H7FO4S/c11-16(13,14)15-10-4-2-7-1-3-9(12)5-8(7)6-10/h1-6,12H. The molecule has 0 aromatic heterocycles. The molecule has 4 nitrogen and oxygen atoms in total. The molecule has 0 atom stereocenters. The zero-order valence-corrected chi connectivity index (χ0v) is 8.74. The maximum atomic E-state index is 12.3. The number of phenolic OH excluding ortho intramolecular Hbond substituents is 1. The first-order chi connectivity index (χ1) is 7.44. The average Bonchev–Trinajstić information content (AvgIpc) is 2.14. The van der Waals surface area contributed by atoms with E-state index < -0.39 is 10.5 Å². The van der Waals surface area contributed by atoms with Crippen molar-refractivity contribution in [3.63, 3.8) is 0 Å². The summed E-state index contributed by atoms with van der Waals surface area (Å²) in [5.74, 6) is -0.103. The van der Waals surface area contributed by atoms with Crippen molar-refractivity contribution in [2.75, 3.05) is 0 Å². The molecule has 2 aromatic carbocycles. The van der Waals surface area contributed by atoms with Crippen LogP contribution in [-0.4, -0.2) is 13.5 Å². The van der Waals surface area contributed by atoms with Gasteiger partial charge in [0.05, 0.1) is 0 Å². The number of hydrogen-bond donors (Lipinski definition) is 1. The van der Waals surface area contributed by atoms with Gasteiger partial charge in [0.25, 0.3) is 0 Å². The molecule has 0 heterocycles. The lowest BCUT2D eigenvalue weighted by Gasteiger charge is -2.02. The molecule has 0 fully saturated rings. The average molecular weight is 242 g/mol. The quantitative estimate of drug-likeness (QED) is 0.819. The van der Waals surface area contributed by atoms with Crippen LogP contribution in [0.2, 0.25) is 0 Å². The van der Waals surface area contributed by atoms with Crippen LogP contribution in [0.25, 0.3) is 10.8 Å². The third-order valence-electron chi connectivity index (χ3n) is 1.99. The van der Waals surface area contributed by atoms with E-state index in [2.05, 4.69) is 4.18 Å². The Balaban J connectivity index is 2.51. The lowest BCUT2D eigenvalue weighted by atomic mass is 10.1. The second kappa shape index (κ2) is 3.64. The van der Waals surface area contributed by atoms with Gasteiger partial charge in [-0.25, -0.2) is 0 Å². The van der Waals surface area contributed by atoms with Crippen LogP contribution < -0.4 is 4.18 Å². The minimum atomic E-state index is -5.02. The zero-order chi connectivity index (χ0) is 11.8. The summed E-state index contributed by atoms with van der Waals surface area (Å²) in [6, 6.07) is 8.79. The second-order valence-corrected chi connectivity index (χ2v) is 4.12. The number of benzene rings is 2. The number of aromatic hydroxyl groups is 1. The maximum Gasteiger partial charge on any atom is 0.488 e. The number of hydrogen-bond acceptors (Lipinski definition) is 4. The summed E-state index contributed by atoms with van der Waals surface area (Å²) in [6.07, 6.45) is 0. The molecule has 0 bridgehead atoms. The molecule has 0 unspecified atom stereocenters. The third-order valence-corrected chi connectivity index (χ3v) is 2.38. The second-order valence-electron chi connectivity index (χ2n) is 3.17. The van der Waals surface area contributed by atoms with Crippen molar-refractivity contribution in [3.8, 4) is 11.5 Å². The lowest BCUT2D eigenvalue weighted by Crippen LogP contribution is -2.00. The number of fused-ring (bicyclic) bond motifs is 1. The summed E-state index contributed by atoms with van der Waals surface area (Å²) in [4.78, 5) is 0. The van der Waals surface area contributed by atoms with Crippen LogP contribution in [0, 0.1) is 0 Å². The van der Waals surface area contributed by atoms with E-state index in [-0.39, 0.29) is 11.5 Å². The normalized spacial score (nSPS) is 11.6. The number of rotatable bonds is 2. The molecular weight excluding hydrogens is 235 g/mol. The van der Waals surface area contributed by atoms with E-state index in [4.69, 9.17) is 0 Å². The van der Waals surface area contributed by atoms with Crippen LogP contribution in [0.4, 0.5) is 3.89 Å². The van der Waals surface area contributed by atoms with Crippen LogP contribution in [0.1, 0.15) is 0 Å². The van der Waals surface area contributed by atoms with Crippen molar-refractivity contribution in [2.45, 2.75) is 0 Å². The Bertz CT molecular complexity index is 636. The Morgan fingerprint density at radius 3 is 2.44 bits per heavy atom. The zero-order valence-electron chi connectivity index (χ0n) is 7.92. The molecule has 0 spiro atoms. The van der Waals surface area contributed by atoms with Gasteiger partial charge in [-0.05, 0) is 35.0 Å². The molecule has 6 heteroatoms. The van der Waals surface area contributed by atoms with Gasteiger partial charge in [0, 0.05) is 0 Å². The predicted molar refractivity (Wildman–Crippen MR) is 56.3 cm³/mol. The lowest BCUT2D eigenvalue weighted by molar-refractivity contribution is 0.440. The highest BCUT2D eigenvalue weighted by molar-refractivity contribution is 7.81. The van der Waals surface area contributed by atoms with Gasteiger partial charge in [-0.2, -0.15) is 8.42 Å². The molecule has 84 valence electrons. The summed E-state index contributed by atoms with van der Waals surface area (Å²) >= 11 is 0. The number of phenols is 1. The van der Waals surface area contributed by atoms with E-state index in [0.717, 1.165) is 5.39 Å². The molecule has 0 aliphatic carbocycles. The molecule has 1 N–H and O–H groups in total. The Hall–Kier alpha value is -1.82. The minimum absolute atomic E-state index is 0.0350. The fourth-order valence-electron chi connectivity index (χ4n) is 1.38. The third kappa shape index (κ3) is 2.40. The van der Waals surface area contributed by atoms with Gasteiger partial charge >= 0.3 is 10.5 Å². The predicted octanol–water partition coefficient (Wildman–Crippen LogP) is 2.14. The first kappa shape index (κ1) is 10.7. The van der Waals surface area contributed by atoms with Crippen molar-refractivity contribution >= 4 is 21.3 Å². The van der Waals surface area contributed by atoms with E-state index in [9.17, 15) is 17.4 Å². The van der Waals surface area contributed by atoms with E-state index >= 15 is 0 Å². The molecule has 16 heavy (non-hydrogen) atoms. The smallest absolute Gasteiger partial charge is 0.488 e. The summed E-state index contributed by atoms with van der Waals surface area (Å²) in [5.41, 5.74) is 0. The van der Waals surface area contributed by atoms with Crippen molar-refractivity contribution in [1.82, 2.24) is 0 Å². The van der Waals surface area contributed by atoms with Crippen LogP contribution in [-0.2, 0) is 10.5 Å². The highest BCUT2D eigenvalue weighted by atomic mass is 32.3. The Morgan fingerprint density at radius 2 is 1.75 bits per heavy atom. The number of halogens is 1. The Morgan fingerprint density at radius 1 is 1.06 bits per heavy atom. The van der Waals surface area contributed by atoms with Crippen molar-refractivity contribution in [2.24, 2.45) is 0 Å². The highest BCUT2D eigenvalue weighted by Gasteiger charge is 2.09. The fraction of sp³-hybridized carbons (Fsp3) is 0. The van der Waals surface area contributed by atoms with E-state index in [1.54, 1.807) is 12.1 Å². The van der Waals surface area contributed by atoms with Crippen LogP contribution >= 0.6 is 0 Å². The van der Waals surface area contributed by atoms with E-state index in [0.29, 0.717) is 5.39 Å². The van der Waals surface area contributed by atoms with Crippen molar-refractivity contribution in [3.05, 3.63) is 36.4 Å². The van der Waals surface area contributed by atoms with Crippen LogP contribution in [0.3, 0.4) is 0 Å². The van der Waals surface area contributed by atoms with Gasteiger partial charge in [0.15, 0.2) is 0 Å². The SMILES string of the molecule is O=S(=O)(F)Oc1ccc2ccc(O)cc2c1. The maximum absolute atomic E-state index is 12.3. The van der Waals surface area contributed by atoms with Crippen LogP contribution in [0.5, 0.6) is 11.5 Å². The summed E-state index contributed by atoms with van der Waals surface area (Å²) in [6.45, 7) is 0. The van der Waals surface area contributed by atoms with Crippen LogP contribution in [0.15, 0.2) is 36.4 Å². The molecule has 0 aliphatic heterocycles. The van der Waals surface area contributed by atoms with Gasteiger partial charge in [-0.15, -0.1) is 0 Å². The van der Waals surface area contributed by atoms with Crippen molar-refractivity contribution < 1.29 is 21.6 Å². The van der Waals surface area contributed by atoms with Gasteiger partial charge in [-0.3, -0.25) is 0 Å². The molecule has 0 aliphatic rings. The molecule has 0 amide bonds. The van der Waals surface area contributed by atoms with Gasteiger partial charge in [-0.1, -0.05) is 16.0 Å². The highest BCUT2D eigenvalue weighted by Crippen LogP contribution is 2.25. The molecule has 2 aromatic rings. The van der Waals surface area contributed by atoms with Gasteiger partial charge < -0.3 is 9.29 Å². The molecular formula is C10H7FO4S. The minimum Gasteiger partial charge on any atom is -0.508 e. The monoisotopic (exact) mass is 242 g/mol. The fourth-order valence-corrected chi connectivity index (χ4v) is 1.71. The Kier molecular flexibility index (Phi) is 2.43. The first-order valence-electron chi connectivity index (χ1n) is 4.31. The summed E-state index contributed by atoms with van der Waals surface area (Å²) in [7, 11) is -5.02. The van der Waals surface area contributed by atoms with E-state index in [1.165, 1.54) is 24.3 Å². The largest absolute Gasteiger partial charge is 0.508 e. The summed E-state index contributed by atoms with van der Waals surface area (Å²) in [5, 5.41) is 10.6. The van der Waals surface area contributed by atoms with Gasteiger partial charge in [0.2, 0.25) is 0 Å². The molecule has 0 saturated carbocycles. The summed E-state index contributed by atoms with van der Waals surface area (Å²) < 4.78 is 36.9. The molecule has 2 rings (SSSR count). The first-order valence-corrected chi connectivity index (χ1v) is 5.62. The Labute approximate surface area is 91.3 Å². The van der Waals surface area contributed by atoms with Crippen molar-refractivity contribution in [1.29, 1.82) is 0 Å². The molecule has 0 saturated heterocycles. The molecule has 0 radical (unpaired) electrons. The van der Waals surface area contributed by atoms with E-state index in [1.807, 2.05) is 0 Å².